The first-order valence-electron chi connectivity index (χ1n) is 4.87. The van der Waals surface area contributed by atoms with E-state index >= 15 is 0 Å². The second-order valence-electron chi connectivity index (χ2n) is 3.60. The van der Waals surface area contributed by atoms with E-state index in [2.05, 4.69) is 21.3 Å². The second kappa shape index (κ2) is 3.97. The zero-order valence-corrected chi connectivity index (χ0v) is 9.05. The van der Waals surface area contributed by atoms with Gasteiger partial charge in [-0.15, -0.1) is 11.3 Å². The first-order valence-corrected chi connectivity index (χ1v) is 5.75. The zero-order chi connectivity index (χ0) is 9.97. The highest BCUT2D eigenvalue weighted by Crippen LogP contribution is 2.33. The molecule has 0 aromatic carbocycles. The van der Waals surface area contributed by atoms with Crippen molar-refractivity contribution in [2.45, 2.75) is 32.2 Å². The number of hydrogen-bond donors (Lipinski definition) is 0. The van der Waals surface area contributed by atoms with Gasteiger partial charge in [0.25, 0.3) is 0 Å². The molecule has 0 atom stereocenters. The molecule has 3 nitrogen and oxygen atoms in total. The van der Waals surface area contributed by atoms with Crippen molar-refractivity contribution in [2.24, 2.45) is 0 Å². The van der Waals surface area contributed by atoms with Crippen molar-refractivity contribution in [2.75, 3.05) is 11.4 Å². The van der Waals surface area contributed by atoms with Gasteiger partial charge in [-0.1, -0.05) is 0 Å². The monoisotopic (exact) mass is 207 g/mol. The normalized spacial score (nSPS) is 15.1. The number of aromatic nitrogens is 1. The number of rotatable bonds is 4. The average molecular weight is 207 g/mol. The highest BCUT2D eigenvalue weighted by molar-refractivity contribution is 7.13. The molecule has 0 bridgehead atoms. The highest BCUT2D eigenvalue weighted by atomic mass is 32.1. The van der Waals surface area contributed by atoms with Crippen LogP contribution in [0.15, 0.2) is 5.38 Å². The van der Waals surface area contributed by atoms with Gasteiger partial charge in [0, 0.05) is 18.0 Å². The van der Waals surface area contributed by atoms with E-state index < -0.39 is 0 Å². The Bertz CT molecular complexity index is 348. The topological polar surface area (TPSA) is 39.9 Å². The predicted molar refractivity (Wildman–Crippen MR) is 57.4 cm³/mol. The van der Waals surface area contributed by atoms with Gasteiger partial charge in [0.05, 0.1) is 18.2 Å². The van der Waals surface area contributed by atoms with E-state index in [4.69, 9.17) is 5.26 Å². The molecule has 0 spiro atoms. The van der Waals surface area contributed by atoms with Crippen molar-refractivity contribution in [3.05, 3.63) is 11.1 Å². The van der Waals surface area contributed by atoms with Gasteiger partial charge in [-0.25, -0.2) is 4.98 Å². The Kier molecular flexibility index (Phi) is 2.69. The number of aryl methyl sites for hydroxylation is 1. The second-order valence-corrected chi connectivity index (χ2v) is 4.44. The lowest BCUT2D eigenvalue weighted by Crippen LogP contribution is -2.26. The number of nitrogens with zero attached hydrogens (tertiary/aromatic N) is 3. The summed E-state index contributed by atoms with van der Waals surface area (Å²) in [7, 11) is 0. The van der Waals surface area contributed by atoms with Gasteiger partial charge in [-0.05, 0) is 19.8 Å². The minimum absolute atomic E-state index is 0.592. The summed E-state index contributed by atoms with van der Waals surface area (Å²) in [5.41, 5.74) is 1.08. The molecule has 0 aliphatic heterocycles. The van der Waals surface area contributed by atoms with Crippen LogP contribution in [-0.4, -0.2) is 17.6 Å². The lowest BCUT2D eigenvalue weighted by molar-refractivity contribution is 0.787. The summed E-state index contributed by atoms with van der Waals surface area (Å²) >= 11 is 1.68. The first-order chi connectivity index (χ1) is 6.81. The van der Waals surface area contributed by atoms with Crippen molar-refractivity contribution < 1.29 is 0 Å². The predicted octanol–water partition coefficient (Wildman–Crippen LogP) is 2.33. The fraction of sp³-hybridized carbons (Fsp3) is 0.600. The summed E-state index contributed by atoms with van der Waals surface area (Å²) in [5.74, 6) is 0. The SMILES string of the molecule is Cc1csc(N(CCC#N)C2CC2)n1. The van der Waals surface area contributed by atoms with Crippen molar-refractivity contribution >= 4 is 16.5 Å². The van der Waals surface area contributed by atoms with Gasteiger partial charge in [0.1, 0.15) is 0 Å². The van der Waals surface area contributed by atoms with Crippen LogP contribution in [0.1, 0.15) is 25.0 Å². The molecule has 0 unspecified atom stereocenters. The van der Waals surface area contributed by atoms with E-state index in [0.717, 1.165) is 17.4 Å². The molecular formula is C10H13N3S. The minimum atomic E-state index is 0.592. The molecule has 1 aliphatic rings. The quantitative estimate of drug-likeness (QED) is 0.760. The van der Waals surface area contributed by atoms with Crippen molar-refractivity contribution in [3.8, 4) is 6.07 Å². The van der Waals surface area contributed by atoms with Gasteiger partial charge < -0.3 is 4.90 Å². The Hall–Kier alpha value is -1.08. The molecule has 0 amide bonds. The van der Waals surface area contributed by atoms with Crippen LogP contribution in [0.3, 0.4) is 0 Å². The molecule has 0 N–H and O–H groups in total. The molecule has 0 saturated heterocycles. The number of thiazole rings is 1. The summed E-state index contributed by atoms with van der Waals surface area (Å²) in [6.45, 7) is 2.84. The van der Waals surface area contributed by atoms with Gasteiger partial charge >= 0.3 is 0 Å². The molecule has 1 aromatic heterocycles. The Morgan fingerprint density at radius 2 is 2.50 bits per heavy atom. The Morgan fingerprint density at radius 3 is 3.00 bits per heavy atom. The van der Waals surface area contributed by atoms with Gasteiger partial charge in [-0.3, -0.25) is 0 Å². The van der Waals surface area contributed by atoms with E-state index in [9.17, 15) is 0 Å². The van der Waals surface area contributed by atoms with Crippen LogP contribution >= 0.6 is 11.3 Å². The standard InChI is InChI=1S/C10H13N3S/c1-8-7-14-10(12-8)13(6-2-5-11)9-3-4-9/h7,9H,2-4,6H2,1H3. The van der Waals surface area contributed by atoms with E-state index in [-0.39, 0.29) is 0 Å². The number of hydrogen-bond acceptors (Lipinski definition) is 4. The summed E-state index contributed by atoms with van der Waals surface area (Å²) in [6, 6.07) is 2.84. The molecule has 0 radical (unpaired) electrons. The maximum atomic E-state index is 8.58. The minimum Gasteiger partial charge on any atom is -0.344 e. The maximum Gasteiger partial charge on any atom is 0.185 e. The molecule has 2 rings (SSSR count). The zero-order valence-electron chi connectivity index (χ0n) is 8.23. The molecule has 1 fully saturated rings. The third kappa shape index (κ3) is 2.05. The highest BCUT2D eigenvalue weighted by Gasteiger charge is 2.30. The summed E-state index contributed by atoms with van der Waals surface area (Å²) in [6.07, 6.45) is 3.10. The molecule has 1 aliphatic carbocycles. The Labute approximate surface area is 88.0 Å². The van der Waals surface area contributed by atoms with E-state index in [1.165, 1.54) is 12.8 Å². The van der Waals surface area contributed by atoms with E-state index in [1.54, 1.807) is 11.3 Å². The summed E-state index contributed by atoms with van der Waals surface area (Å²) < 4.78 is 0. The molecule has 1 aromatic rings. The van der Waals surface area contributed by atoms with Crippen LogP contribution in [-0.2, 0) is 0 Å². The molecule has 1 saturated carbocycles. The van der Waals surface area contributed by atoms with Gasteiger partial charge in [0.2, 0.25) is 0 Å². The maximum absolute atomic E-state index is 8.58. The Balaban J connectivity index is 2.06. The summed E-state index contributed by atoms with van der Waals surface area (Å²) in [4.78, 5) is 6.74. The van der Waals surface area contributed by atoms with Gasteiger partial charge in [0.15, 0.2) is 5.13 Å². The number of anilines is 1. The molecule has 14 heavy (non-hydrogen) atoms. The van der Waals surface area contributed by atoms with Gasteiger partial charge in [-0.2, -0.15) is 5.26 Å². The molecule has 4 heteroatoms. The lowest BCUT2D eigenvalue weighted by Gasteiger charge is -2.19. The van der Waals surface area contributed by atoms with E-state index in [0.29, 0.717) is 12.5 Å². The number of nitriles is 1. The van der Waals surface area contributed by atoms with Crippen molar-refractivity contribution in [3.63, 3.8) is 0 Å². The van der Waals surface area contributed by atoms with E-state index in [1.807, 2.05) is 6.92 Å². The van der Waals surface area contributed by atoms with Crippen LogP contribution in [0, 0.1) is 18.3 Å². The average Bonchev–Trinajstić information content (AvgIpc) is 2.91. The molecule has 74 valence electrons. The van der Waals surface area contributed by atoms with Crippen molar-refractivity contribution in [1.29, 1.82) is 5.26 Å². The van der Waals surface area contributed by atoms with Crippen LogP contribution in [0.25, 0.3) is 0 Å². The fourth-order valence-electron chi connectivity index (χ4n) is 1.46. The lowest BCUT2D eigenvalue weighted by atomic mass is 10.4. The Morgan fingerprint density at radius 1 is 1.71 bits per heavy atom. The summed E-state index contributed by atoms with van der Waals surface area (Å²) in [5, 5.41) is 11.7. The smallest absolute Gasteiger partial charge is 0.185 e. The molecule has 1 heterocycles. The van der Waals surface area contributed by atoms with Crippen LogP contribution < -0.4 is 4.90 Å². The van der Waals surface area contributed by atoms with Crippen LogP contribution in [0.2, 0.25) is 0 Å². The first kappa shape index (κ1) is 9.47. The van der Waals surface area contributed by atoms with Crippen molar-refractivity contribution in [1.82, 2.24) is 4.98 Å². The third-order valence-corrected chi connectivity index (χ3v) is 3.30. The largest absolute Gasteiger partial charge is 0.344 e. The third-order valence-electron chi connectivity index (χ3n) is 2.30. The van der Waals surface area contributed by atoms with Crippen LogP contribution in [0.5, 0.6) is 0 Å². The molecular weight excluding hydrogens is 194 g/mol. The van der Waals surface area contributed by atoms with Crippen LogP contribution in [0.4, 0.5) is 5.13 Å². The fourth-order valence-corrected chi connectivity index (χ4v) is 2.37.